The molecule has 0 aliphatic carbocycles. The zero-order chi connectivity index (χ0) is 15.4. The molecular weight excluding hydrogens is 299 g/mol. The molecule has 0 bridgehead atoms. The Labute approximate surface area is 130 Å². The van der Waals surface area contributed by atoms with Crippen molar-refractivity contribution in [1.29, 1.82) is 0 Å². The van der Waals surface area contributed by atoms with E-state index >= 15 is 0 Å². The lowest BCUT2D eigenvalue weighted by Gasteiger charge is -2.17. The van der Waals surface area contributed by atoms with Gasteiger partial charge in [-0.2, -0.15) is 0 Å². The average molecular weight is 318 g/mol. The molecule has 0 spiro atoms. The molecule has 0 unspecified atom stereocenters. The molecule has 1 saturated heterocycles. The summed E-state index contributed by atoms with van der Waals surface area (Å²) in [5.41, 5.74) is 1.92. The smallest absolute Gasteiger partial charge is 0.356 e. The van der Waals surface area contributed by atoms with E-state index in [1.807, 2.05) is 67.6 Å². The largest absolute Gasteiger partial charge is 0.362 e. The standard InChI is InChI=1S/C17H19O4P/c1-14-17(21-14)22(18,19-12-15-8-4-2-5-9-15)20-13-16-10-6-3-7-11-16/h2-11,14,17H,12-13H2,1H3/t14-,17+/m1/s1. The maximum Gasteiger partial charge on any atom is 0.362 e. The number of rotatable bonds is 7. The molecule has 0 radical (unpaired) electrons. The summed E-state index contributed by atoms with van der Waals surface area (Å²) >= 11 is 0. The molecule has 1 fully saturated rings. The highest BCUT2D eigenvalue weighted by Crippen LogP contribution is 2.62. The van der Waals surface area contributed by atoms with Crippen molar-refractivity contribution in [1.82, 2.24) is 0 Å². The van der Waals surface area contributed by atoms with E-state index in [1.165, 1.54) is 0 Å². The van der Waals surface area contributed by atoms with Gasteiger partial charge in [-0.15, -0.1) is 0 Å². The highest BCUT2D eigenvalue weighted by atomic mass is 31.2. The third-order valence-electron chi connectivity index (χ3n) is 3.50. The van der Waals surface area contributed by atoms with Gasteiger partial charge in [0.25, 0.3) is 0 Å². The first-order valence-electron chi connectivity index (χ1n) is 7.29. The summed E-state index contributed by atoms with van der Waals surface area (Å²) in [6.07, 6.45) is -0.0858. The Bertz CT molecular complexity index is 597. The average Bonchev–Trinajstić information content (AvgIpc) is 3.31. The third-order valence-corrected chi connectivity index (χ3v) is 5.64. The minimum atomic E-state index is -3.29. The molecule has 0 saturated carbocycles. The van der Waals surface area contributed by atoms with Crippen LogP contribution in [-0.4, -0.2) is 11.9 Å². The van der Waals surface area contributed by atoms with Crippen molar-refractivity contribution in [3.63, 3.8) is 0 Å². The summed E-state index contributed by atoms with van der Waals surface area (Å²) in [5.74, 6) is -0.458. The minimum Gasteiger partial charge on any atom is -0.356 e. The van der Waals surface area contributed by atoms with E-state index < -0.39 is 13.4 Å². The van der Waals surface area contributed by atoms with Crippen LogP contribution in [-0.2, 0) is 31.6 Å². The highest BCUT2D eigenvalue weighted by Gasteiger charge is 2.52. The molecular formula is C17H19O4P. The predicted octanol–water partition coefficient (Wildman–Crippen LogP) is 4.36. The molecule has 2 atom stereocenters. The molecule has 0 aromatic heterocycles. The summed E-state index contributed by atoms with van der Waals surface area (Å²) < 4.78 is 29.6. The topological polar surface area (TPSA) is 48.1 Å². The van der Waals surface area contributed by atoms with Gasteiger partial charge in [-0.05, 0) is 18.1 Å². The number of hydrogen-bond donors (Lipinski definition) is 0. The molecule has 1 heterocycles. The lowest BCUT2D eigenvalue weighted by molar-refractivity contribution is 0.181. The van der Waals surface area contributed by atoms with Gasteiger partial charge in [-0.25, -0.2) is 0 Å². The van der Waals surface area contributed by atoms with Crippen LogP contribution in [0.4, 0.5) is 0 Å². The predicted molar refractivity (Wildman–Crippen MR) is 84.4 cm³/mol. The summed E-state index contributed by atoms with van der Waals surface area (Å²) in [5, 5.41) is 0. The van der Waals surface area contributed by atoms with Gasteiger partial charge >= 0.3 is 7.60 Å². The number of hydrogen-bond acceptors (Lipinski definition) is 4. The first kappa shape index (κ1) is 15.4. The summed E-state index contributed by atoms with van der Waals surface area (Å²) in [6, 6.07) is 19.3. The SMILES string of the molecule is C[C@H]1O[C@H]1P(=O)(OCc1ccccc1)OCc1ccccc1. The monoisotopic (exact) mass is 318 g/mol. The van der Waals surface area contributed by atoms with E-state index in [2.05, 4.69) is 0 Å². The lowest BCUT2D eigenvalue weighted by atomic mass is 10.2. The van der Waals surface area contributed by atoms with Gasteiger partial charge in [0, 0.05) is 0 Å². The maximum absolute atomic E-state index is 13.0. The summed E-state index contributed by atoms with van der Waals surface area (Å²) in [7, 11) is -3.29. The van der Waals surface area contributed by atoms with Crippen molar-refractivity contribution in [3.8, 4) is 0 Å². The quantitative estimate of drug-likeness (QED) is 0.562. The van der Waals surface area contributed by atoms with E-state index in [0.717, 1.165) is 11.1 Å². The van der Waals surface area contributed by atoms with Crippen LogP contribution in [0.1, 0.15) is 18.1 Å². The van der Waals surface area contributed by atoms with E-state index in [1.54, 1.807) is 0 Å². The van der Waals surface area contributed by atoms with Crippen LogP contribution < -0.4 is 0 Å². The Hall–Kier alpha value is -1.45. The van der Waals surface area contributed by atoms with Crippen LogP contribution in [0.3, 0.4) is 0 Å². The third kappa shape index (κ3) is 3.84. The Morgan fingerprint density at radius 1 is 0.909 bits per heavy atom. The van der Waals surface area contributed by atoms with Gasteiger partial charge in [0.1, 0.15) is 0 Å². The Kier molecular flexibility index (Phi) is 4.74. The summed E-state index contributed by atoms with van der Waals surface area (Å²) in [6.45, 7) is 2.37. The van der Waals surface area contributed by atoms with Gasteiger partial charge in [-0.3, -0.25) is 4.57 Å². The molecule has 5 heteroatoms. The van der Waals surface area contributed by atoms with Gasteiger partial charge in [0.15, 0.2) is 5.85 Å². The second-order valence-corrected chi connectivity index (χ2v) is 7.39. The van der Waals surface area contributed by atoms with Crippen molar-refractivity contribution in [3.05, 3.63) is 71.8 Å². The first-order chi connectivity index (χ1) is 10.7. The molecule has 3 rings (SSSR count). The maximum atomic E-state index is 13.0. The Morgan fingerprint density at radius 2 is 1.32 bits per heavy atom. The Balaban J connectivity index is 1.64. The molecule has 22 heavy (non-hydrogen) atoms. The molecule has 4 nitrogen and oxygen atoms in total. The van der Waals surface area contributed by atoms with Crippen molar-refractivity contribution < 1.29 is 18.3 Å². The fraction of sp³-hybridized carbons (Fsp3) is 0.294. The van der Waals surface area contributed by atoms with Gasteiger partial charge in [-0.1, -0.05) is 60.7 Å². The van der Waals surface area contributed by atoms with Crippen LogP contribution >= 0.6 is 7.60 Å². The first-order valence-corrected chi connectivity index (χ1v) is 8.91. The van der Waals surface area contributed by atoms with Crippen LogP contribution in [0.15, 0.2) is 60.7 Å². The molecule has 0 N–H and O–H groups in total. The number of epoxide rings is 1. The van der Waals surface area contributed by atoms with E-state index in [4.69, 9.17) is 13.8 Å². The Morgan fingerprint density at radius 3 is 1.68 bits per heavy atom. The summed E-state index contributed by atoms with van der Waals surface area (Å²) in [4.78, 5) is 0. The molecule has 2 aromatic rings. The molecule has 1 aliphatic rings. The lowest BCUT2D eigenvalue weighted by Crippen LogP contribution is -2.04. The van der Waals surface area contributed by atoms with Gasteiger partial charge < -0.3 is 13.8 Å². The van der Waals surface area contributed by atoms with Crippen molar-refractivity contribution in [2.75, 3.05) is 0 Å². The molecule has 0 amide bonds. The van der Waals surface area contributed by atoms with Gasteiger partial charge in [0.05, 0.1) is 19.3 Å². The van der Waals surface area contributed by atoms with Crippen LogP contribution in [0.25, 0.3) is 0 Å². The second kappa shape index (κ2) is 6.76. The fourth-order valence-electron chi connectivity index (χ4n) is 2.17. The van der Waals surface area contributed by atoms with Crippen molar-refractivity contribution >= 4 is 7.60 Å². The minimum absolute atomic E-state index is 0.0858. The van der Waals surface area contributed by atoms with Crippen molar-refractivity contribution in [2.45, 2.75) is 32.1 Å². The van der Waals surface area contributed by atoms with E-state index in [-0.39, 0.29) is 19.3 Å². The van der Waals surface area contributed by atoms with Crippen LogP contribution in [0, 0.1) is 0 Å². The van der Waals surface area contributed by atoms with Crippen LogP contribution in [0.2, 0.25) is 0 Å². The number of benzene rings is 2. The normalized spacial score (nSPS) is 20.8. The zero-order valence-electron chi connectivity index (χ0n) is 12.4. The van der Waals surface area contributed by atoms with Crippen LogP contribution in [0.5, 0.6) is 0 Å². The van der Waals surface area contributed by atoms with Gasteiger partial charge in [0.2, 0.25) is 0 Å². The molecule has 116 valence electrons. The molecule has 2 aromatic carbocycles. The number of ether oxygens (including phenoxy) is 1. The second-order valence-electron chi connectivity index (χ2n) is 5.29. The zero-order valence-corrected chi connectivity index (χ0v) is 13.3. The van der Waals surface area contributed by atoms with E-state index in [0.29, 0.717) is 0 Å². The highest BCUT2D eigenvalue weighted by molar-refractivity contribution is 7.54. The van der Waals surface area contributed by atoms with E-state index in [9.17, 15) is 4.57 Å². The van der Waals surface area contributed by atoms with Crippen molar-refractivity contribution in [2.24, 2.45) is 0 Å². The molecule has 1 aliphatic heterocycles. The fourth-order valence-corrected chi connectivity index (χ4v) is 4.05.